The number of nitrogens with one attached hydrogen (secondary N) is 2. The number of hydrogen-bond acceptors (Lipinski definition) is 7. The van der Waals surface area contributed by atoms with Crippen LogP contribution in [0.4, 0.5) is 0 Å². The third-order valence-electron chi connectivity index (χ3n) is 5.61. The van der Waals surface area contributed by atoms with Gasteiger partial charge < -0.3 is 24.6 Å². The van der Waals surface area contributed by atoms with Crippen LogP contribution in [-0.4, -0.2) is 57.6 Å². The molecule has 0 unspecified atom stereocenters. The number of carbonyl (C=O) groups is 1. The maximum atomic E-state index is 12.7. The van der Waals surface area contributed by atoms with Crippen LogP contribution in [-0.2, 0) is 14.8 Å². The number of fused-ring (bicyclic) bond motifs is 1. The Morgan fingerprint density at radius 2 is 1.85 bits per heavy atom. The van der Waals surface area contributed by atoms with Crippen molar-refractivity contribution in [1.82, 2.24) is 10.0 Å². The summed E-state index contributed by atoms with van der Waals surface area (Å²) in [5, 5.41) is 13.0. The van der Waals surface area contributed by atoms with Gasteiger partial charge >= 0.3 is 0 Å². The molecule has 0 bridgehead atoms. The van der Waals surface area contributed by atoms with Crippen LogP contribution in [0.2, 0.25) is 5.02 Å². The van der Waals surface area contributed by atoms with E-state index >= 15 is 0 Å². The molecule has 1 saturated heterocycles. The summed E-state index contributed by atoms with van der Waals surface area (Å²) in [7, 11) is -3.78. The van der Waals surface area contributed by atoms with Gasteiger partial charge in [-0.3, -0.25) is 4.79 Å². The molecule has 2 aromatic carbocycles. The minimum Gasteiger partial charge on any atom is -0.454 e. The van der Waals surface area contributed by atoms with Crippen LogP contribution in [0.5, 0.6) is 11.5 Å². The van der Waals surface area contributed by atoms with Gasteiger partial charge in [0.25, 0.3) is 5.91 Å². The molecule has 0 spiro atoms. The van der Waals surface area contributed by atoms with E-state index in [1.54, 1.807) is 18.2 Å². The van der Waals surface area contributed by atoms with Crippen LogP contribution >= 0.6 is 11.6 Å². The van der Waals surface area contributed by atoms with E-state index in [1.807, 2.05) is 0 Å². The summed E-state index contributed by atoms with van der Waals surface area (Å²) in [5.41, 5.74) is 0.466. The molecule has 0 aliphatic carbocycles. The maximum Gasteiger partial charge on any atom is 0.251 e. The zero-order valence-electron chi connectivity index (χ0n) is 17.7. The summed E-state index contributed by atoms with van der Waals surface area (Å²) in [6.07, 6.45) is 0.720. The van der Waals surface area contributed by atoms with Gasteiger partial charge in [-0.1, -0.05) is 11.6 Å². The molecule has 0 aromatic heterocycles. The highest BCUT2D eigenvalue weighted by atomic mass is 35.5. The second-order valence-electron chi connectivity index (χ2n) is 7.85. The number of rotatable bonds is 8. The van der Waals surface area contributed by atoms with Gasteiger partial charge in [0, 0.05) is 17.1 Å². The molecule has 1 fully saturated rings. The van der Waals surface area contributed by atoms with Crippen LogP contribution < -0.4 is 19.5 Å². The third-order valence-corrected chi connectivity index (χ3v) is 7.37. The van der Waals surface area contributed by atoms with Gasteiger partial charge in [-0.2, -0.15) is 0 Å². The van der Waals surface area contributed by atoms with Gasteiger partial charge in [0.15, 0.2) is 11.5 Å². The van der Waals surface area contributed by atoms with Gasteiger partial charge in [0.05, 0.1) is 29.8 Å². The predicted octanol–water partition coefficient (Wildman–Crippen LogP) is 2.08. The van der Waals surface area contributed by atoms with Crippen molar-refractivity contribution in [1.29, 1.82) is 0 Å². The predicted molar refractivity (Wildman–Crippen MR) is 120 cm³/mol. The molecule has 2 heterocycles. The monoisotopic (exact) mass is 496 g/mol. The van der Waals surface area contributed by atoms with Crippen LogP contribution in [0.25, 0.3) is 0 Å². The first-order valence-electron chi connectivity index (χ1n) is 10.6. The highest BCUT2D eigenvalue weighted by Gasteiger charge is 2.34. The highest BCUT2D eigenvalue weighted by Crippen LogP contribution is 2.32. The van der Waals surface area contributed by atoms with Crippen molar-refractivity contribution in [3.05, 3.63) is 53.1 Å². The zero-order valence-corrected chi connectivity index (χ0v) is 19.3. The van der Waals surface area contributed by atoms with Crippen molar-refractivity contribution >= 4 is 27.5 Å². The number of carbonyl (C=O) groups excluding carboxylic acids is 1. The molecule has 1 amide bonds. The second kappa shape index (κ2) is 10.3. The Morgan fingerprint density at radius 1 is 1.09 bits per heavy atom. The Morgan fingerprint density at radius 3 is 2.61 bits per heavy atom. The van der Waals surface area contributed by atoms with Crippen LogP contribution in [0.15, 0.2) is 47.4 Å². The number of aliphatic hydroxyl groups is 1. The Hall–Kier alpha value is -2.37. The molecule has 4 rings (SSSR count). The fourth-order valence-corrected chi connectivity index (χ4v) is 5.27. The first-order valence-corrected chi connectivity index (χ1v) is 12.4. The van der Waals surface area contributed by atoms with Crippen molar-refractivity contribution in [2.45, 2.75) is 42.4 Å². The number of ether oxygens (including phenoxy) is 3. The van der Waals surface area contributed by atoms with Gasteiger partial charge in [-0.25, -0.2) is 13.1 Å². The van der Waals surface area contributed by atoms with E-state index in [0.717, 1.165) is 0 Å². The molecule has 3 N–H and O–H groups in total. The molecule has 3 atom stereocenters. The van der Waals surface area contributed by atoms with Crippen molar-refractivity contribution in [2.75, 3.05) is 19.9 Å². The number of hydrogen-bond donors (Lipinski definition) is 3. The molecule has 2 aliphatic rings. The van der Waals surface area contributed by atoms with E-state index in [0.29, 0.717) is 47.9 Å². The minimum atomic E-state index is -3.78. The van der Waals surface area contributed by atoms with Crippen LogP contribution in [0.3, 0.4) is 0 Å². The van der Waals surface area contributed by atoms with Crippen molar-refractivity contribution < 1.29 is 32.5 Å². The number of aliphatic hydroxyl groups excluding tert-OH is 1. The number of amides is 1. The average molecular weight is 497 g/mol. The average Bonchev–Trinajstić information content (AvgIpc) is 3.28. The first kappa shape index (κ1) is 23.8. The number of benzene rings is 2. The zero-order chi connectivity index (χ0) is 23.4. The molecule has 9 nitrogen and oxygen atoms in total. The Balaban J connectivity index is 1.27. The minimum absolute atomic E-state index is 0.0944. The van der Waals surface area contributed by atoms with Crippen LogP contribution in [0, 0.1) is 0 Å². The molecule has 0 saturated carbocycles. The largest absolute Gasteiger partial charge is 0.454 e. The Labute approximate surface area is 197 Å². The lowest BCUT2D eigenvalue weighted by Crippen LogP contribution is -2.51. The molecule has 2 aromatic rings. The fraction of sp³-hybridized carbons (Fsp3) is 0.409. The maximum absolute atomic E-state index is 12.7. The summed E-state index contributed by atoms with van der Waals surface area (Å²) < 4.78 is 44.4. The van der Waals surface area contributed by atoms with Crippen molar-refractivity contribution in [3.8, 4) is 11.5 Å². The van der Waals surface area contributed by atoms with Crippen LogP contribution in [0.1, 0.15) is 29.6 Å². The number of sulfonamides is 1. The van der Waals surface area contributed by atoms with Crippen molar-refractivity contribution in [2.24, 2.45) is 0 Å². The van der Waals surface area contributed by atoms with Crippen molar-refractivity contribution in [3.63, 3.8) is 0 Å². The molecule has 0 radical (unpaired) electrons. The standard InChI is InChI=1S/C22H25ClN2O7S/c23-15-2-5-17(6-3-15)33(28,29)25-18-7-4-16(32-21(18)12-26)9-10-24-22(27)14-1-8-19-20(11-14)31-13-30-19/h1-3,5-6,8,11,16,18,21,25-26H,4,7,9-10,12-13H2,(H,24,27)/t16-,18-,21+/m1/s1. The summed E-state index contributed by atoms with van der Waals surface area (Å²) >= 11 is 5.83. The molecule has 2 aliphatic heterocycles. The van der Waals surface area contributed by atoms with Gasteiger partial charge in [-0.15, -0.1) is 0 Å². The molecular formula is C22H25ClN2O7S. The Kier molecular flexibility index (Phi) is 7.40. The fourth-order valence-electron chi connectivity index (χ4n) is 3.85. The molecule has 33 heavy (non-hydrogen) atoms. The SMILES string of the molecule is O=C(NCC[C@H]1CC[C@@H](NS(=O)(=O)c2ccc(Cl)cc2)[C@H](CO)O1)c1ccc2c(c1)OCO2. The topological polar surface area (TPSA) is 123 Å². The first-order chi connectivity index (χ1) is 15.9. The van der Waals surface area contributed by atoms with E-state index in [1.165, 1.54) is 24.3 Å². The molecule has 11 heteroatoms. The lowest BCUT2D eigenvalue weighted by Gasteiger charge is -2.36. The molecular weight excluding hydrogens is 472 g/mol. The van der Waals surface area contributed by atoms with Gasteiger partial charge in [-0.05, 0) is 61.7 Å². The van der Waals surface area contributed by atoms with Gasteiger partial charge in [0.2, 0.25) is 16.8 Å². The quantitative estimate of drug-likeness (QED) is 0.511. The summed E-state index contributed by atoms with van der Waals surface area (Å²) in [5.74, 6) is 0.908. The van der Waals surface area contributed by atoms with Gasteiger partial charge in [0.1, 0.15) is 0 Å². The normalized spacial score (nSPS) is 22.2. The second-order valence-corrected chi connectivity index (χ2v) is 10.0. The smallest absolute Gasteiger partial charge is 0.251 e. The van der Waals surface area contributed by atoms with E-state index in [-0.39, 0.29) is 30.3 Å². The Bertz CT molecular complexity index is 1090. The van der Waals surface area contributed by atoms with E-state index in [9.17, 15) is 18.3 Å². The van der Waals surface area contributed by atoms with E-state index in [4.69, 9.17) is 25.8 Å². The third kappa shape index (κ3) is 5.77. The highest BCUT2D eigenvalue weighted by molar-refractivity contribution is 7.89. The lowest BCUT2D eigenvalue weighted by atomic mass is 9.98. The number of halogens is 1. The summed E-state index contributed by atoms with van der Waals surface area (Å²) in [6.45, 7) is 0.188. The van der Waals surface area contributed by atoms with E-state index in [2.05, 4.69) is 10.0 Å². The lowest BCUT2D eigenvalue weighted by molar-refractivity contribution is -0.0871. The summed E-state index contributed by atoms with van der Waals surface area (Å²) in [6, 6.07) is 10.3. The van der Waals surface area contributed by atoms with E-state index < -0.39 is 22.2 Å². The molecule has 178 valence electrons. The summed E-state index contributed by atoms with van der Waals surface area (Å²) in [4.78, 5) is 12.5.